The fourth-order valence-corrected chi connectivity index (χ4v) is 2.11. The number of aldehydes is 1. The molecule has 2 aromatic rings. The lowest BCUT2D eigenvalue weighted by molar-refractivity contribution is -0.148. The zero-order valence-electron chi connectivity index (χ0n) is 11.5. The normalized spacial score (nSPS) is 12.3. The van der Waals surface area contributed by atoms with Gasteiger partial charge in [0.2, 0.25) is 0 Å². The Morgan fingerprint density at radius 1 is 1.35 bits per heavy atom. The quantitative estimate of drug-likeness (QED) is 0.461. The van der Waals surface area contributed by atoms with Crippen molar-refractivity contribution in [2.45, 2.75) is 13.0 Å². The third-order valence-corrected chi connectivity index (χ3v) is 3.19. The van der Waals surface area contributed by atoms with Crippen LogP contribution in [-0.4, -0.2) is 37.1 Å². The molecule has 1 heterocycles. The second-order valence-corrected chi connectivity index (χ2v) is 4.46. The molecule has 0 N–H and O–H groups in total. The first-order valence-corrected chi connectivity index (χ1v) is 6.39. The van der Waals surface area contributed by atoms with E-state index in [1.165, 1.54) is 0 Å². The van der Waals surface area contributed by atoms with Crippen LogP contribution in [-0.2, 0) is 14.3 Å². The van der Waals surface area contributed by atoms with Gasteiger partial charge in [-0.25, -0.2) is 4.79 Å². The zero-order valence-corrected chi connectivity index (χ0v) is 11.5. The molecule has 0 aliphatic rings. The molecule has 0 aliphatic carbocycles. The van der Waals surface area contributed by atoms with Gasteiger partial charge >= 0.3 is 5.97 Å². The number of hydrogen-bond donors (Lipinski definition) is 0. The Morgan fingerprint density at radius 2 is 2.10 bits per heavy atom. The lowest BCUT2D eigenvalue weighted by atomic mass is 10.2. The summed E-state index contributed by atoms with van der Waals surface area (Å²) in [6.45, 7) is 2.33. The van der Waals surface area contributed by atoms with Gasteiger partial charge in [0.1, 0.15) is 12.6 Å². The maximum atomic E-state index is 12.0. The molecule has 0 saturated carbocycles. The van der Waals surface area contributed by atoms with Crippen LogP contribution in [0.1, 0.15) is 23.3 Å². The summed E-state index contributed by atoms with van der Waals surface area (Å²) in [6, 6.07) is 6.97. The largest absolute Gasteiger partial charge is 0.462 e. The van der Waals surface area contributed by atoms with Crippen molar-refractivity contribution >= 4 is 23.2 Å². The Labute approximate surface area is 117 Å². The molecule has 106 valence electrons. The number of carbonyl (C=O) groups excluding carboxylic acids is 2. The second kappa shape index (κ2) is 6.34. The lowest BCUT2D eigenvalue weighted by Gasteiger charge is -2.14. The van der Waals surface area contributed by atoms with Crippen molar-refractivity contribution in [3.8, 4) is 0 Å². The molecule has 1 unspecified atom stereocenters. The van der Waals surface area contributed by atoms with Crippen LogP contribution in [0.25, 0.3) is 10.9 Å². The van der Waals surface area contributed by atoms with E-state index in [4.69, 9.17) is 9.47 Å². The summed E-state index contributed by atoms with van der Waals surface area (Å²) in [5.41, 5.74) is 1.41. The SMILES string of the molecule is COCCOC(=O)C(C)n1cc(C=O)c2ccccc21. The van der Waals surface area contributed by atoms with E-state index in [9.17, 15) is 9.59 Å². The topological polar surface area (TPSA) is 57.5 Å². The summed E-state index contributed by atoms with van der Waals surface area (Å²) in [7, 11) is 1.55. The molecule has 20 heavy (non-hydrogen) atoms. The van der Waals surface area contributed by atoms with Crippen LogP contribution in [0.15, 0.2) is 30.5 Å². The highest BCUT2D eigenvalue weighted by Gasteiger charge is 2.19. The highest BCUT2D eigenvalue weighted by molar-refractivity contribution is 5.98. The minimum Gasteiger partial charge on any atom is -0.462 e. The van der Waals surface area contributed by atoms with E-state index in [-0.39, 0.29) is 12.6 Å². The van der Waals surface area contributed by atoms with Crippen LogP contribution in [0.2, 0.25) is 0 Å². The van der Waals surface area contributed by atoms with Crippen LogP contribution in [0, 0.1) is 0 Å². The van der Waals surface area contributed by atoms with E-state index in [2.05, 4.69) is 0 Å². The van der Waals surface area contributed by atoms with Crippen LogP contribution < -0.4 is 0 Å². The number of carbonyl (C=O) groups is 2. The van der Waals surface area contributed by atoms with E-state index < -0.39 is 6.04 Å². The molecule has 0 radical (unpaired) electrons. The first-order chi connectivity index (χ1) is 9.69. The number of rotatable bonds is 6. The van der Waals surface area contributed by atoms with Gasteiger partial charge in [0, 0.05) is 29.8 Å². The number of methoxy groups -OCH3 is 1. The Morgan fingerprint density at radius 3 is 2.80 bits per heavy atom. The molecule has 1 aromatic carbocycles. The third kappa shape index (κ3) is 2.72. The fraction of sp³-hybridized carbons (Fsp3) is 0.333. The number of para-hydroxylation sites is 1. The van der Waals surface area contributed by atoms with Crippen LogP contribution in [0.5, 0.6) is 0 Å². The van der Waals surface area contributed by atoms with E-state index in [0.29, 0.717) is 12.2 Å². The van der Waals surface area contributed by atoms with Gasteiger partial charge in [-0.05, 0) is 13.0 Å². The van der Waals surface area contributed by atoms with Gasteiger partial charge in [-0.3, -0.25) is 4.79 Å². The first kappa shape index (κ1) is 14.3. The monoisotopic (exact) mass is 275 g/mol. The third-order valence-electron chi connectivity index (χ3n) is 3.19. The van der Waals surface area contributed by atoms with E-state index in [1.807, 2.05) is 24.3 Å². The number of esters is 1. The molecule has 0 aliphatic heterocycles. The van der Waals surface area contributed by atoms with Gasteiger partial charge in [-0.15, -0.1) is 0 Å². The standard InChI is InChI=1S/C15H17NO4/c1-11(15(18)20-8-7-19-2)16-9-12(10-17)13-5-3-4-6-14(13)16/h3-6,9-11H,7-8H2,1-2H3. The summed E-state index contributed by atoms with van der Waals surface area (Å²) < 4.78 is 11.7. The smallest absolute Gasteiger partial charge is 0.328 e. The highest BCUT2D eigenvalue weighted by Crippen LogP contribution is 2.24. The van der Waals surface area contributed by atoms with Crippen molar-refractivity contribution in [2.24, 2.45) is 0 Å². The molecule has 0 spiro atoms. The van der Waals surface area contributed by atoms with E-state index in [0.717, 1.165) is 17.2 Å². The summed E-state index contributed by atoms with van der Waals surface area (Å²) in [5.74, 6) is -0.347. The van der Waals surface area contributed by atoms with Gasteiger partial charge in [-0.2, -0.15) is 0 Å². The average Bonchev–Trinajstić information content (AvgIpc) is 2.85. The molecule has 1 atom stereocenters. The minimum atomic E-state index is -0.495. The molecule has 0 bridgehead atoms. The summed E-state index contributed by atoms with van der Waals surface area (Å²) >= 11 is 0. The van der Waals surface area contributed by atoms with E-state index in [1.54, 1.807) is 24.8 Å². The zero-order chi connectivity index (χ0) is 14.5. The van der Waals surface area contributed by atoms with Crippen molar-refractivity contribution in [3.05, 3.63) is 36.0 Å². The molecule has 5 nitrogen and oxygen atoms in total. The molecular formula is C15H17NO4. The molecular weight excluding hydrogens is 258 g/mol. The Balaban J connectivity index is 2.28. The fourth-order valence-electron chi connectivity index (χ4n) is 2.11. The molecule has 0 saturated heterocycles. The maximum Gasteiger partial charge on any atom is 0.328 e. The predicted octanol–water partition coefficient (Wildman–Crippen LogP) is 2.20. The Kier molecular flexibility index (Phi) is 4.53. The molecule has 0 fully saturated rings. The Bertz CT molecular complexity index is 617. The molecule has 1 aromatic heterocycles. The van der Waals surface area contributed by atoms with Gasteiger partial charge in [-0.1, -0.05) is 18.2 Å². The van der Waals surface area contributed by atoms with Crippen LogP contribution in [0.3, 0.4) is 0 Å². The van der Waals surface area contributed by atoms with Crippen molar-refractivity contribution in [1.82, 2.24) is 4.57 Å². The van der Waals surface area contributed by atoms with Gasteiger partial charge in [0.05, 0.1) is 6.61 Å². The number of ether oxygens (including phenoxy) is 2. The van der Waals surface area contributed by atoms with Gasteiger partial charge < -0.3 is 14.0 Å². The van der Waals surface area contributed by atoms with Crippen molar-refractivity contribution in [3.63, 3.8) is 0 Å². The van der Waals surface area contributed by atoms with Gasteiger partial charge in [0.15, 0.2) is 6.29 Å². The predicted molar refractivity (Wildman–Crippen MR) is 74.9 cm³/mol. The summed E-state index contributed by atoms with van der Waals surface area (Å²) in [5, 5.41) is 0.832. The summed E-state index contributed by atoms with van der Waals surface area (Å²) in [6.07, 6.45) is 2.47. The Hall–Kier alpha value is -2.14. The number of aromatic nitrogens is 1. The van der Waals surface area contributed by atoms with E-state index >= 15 is 0 Å². The van der Waals surface area contributed by atoms with Gasteiger partial charge in [0.25, 0.3) is 0 Å². The first-order valence-electron chi connectivity index (χ1n) is 6.39. The molecule has 2 rings (SSSR count). The number of benzene rings is 1. The molecule has 5 heteroatoms. The van der Waals surface area contributed by atoms with Crippen LogP contribution >= 0.6 is 0 Å². The minimum absolute atomic E-state index is 0.222. The van der Waals surface area contributed by atoms with Crippen LogP contribution in [0.4, 0.5) is 0 Å². The van der Waals surface area contributed by atoms with Crippen molar-refractivity contribution < 1.29 is 19.1 Å². The van der Waals surface area contributed by atoms with Crippen molar-refractivity contribution in [2.75, 3.05) is 20.3 Å². The number of hydrogen-bond acceptors (Lipinski definition) is 4. The summed E-state index contributed by atoms with van der Waals surface area (Å²) in [4.78, 5) is 23.1. The maximum absolute atomic E-state index is 12.0. The second-order valence-electron chi connectivity index (χ2n) is 4.46. The average molecular weight is 275 g/mol. The molecule has 0 amide bonds. The number of fused-ring (bicyclic) bond motifs is 1. The number of nitrogens with zero attached hydrogens (tertiary/aromatic N) is 1. The van der Waals surface area contributed by atoms with Crippen molar-refractivity contribution in [1.29, 1.82) is 0 Å². The lowest BCUT2D eigenvalue weighted by Crippen LogP contribution is -2.20. The highest BCUT2D eigenvalue weighted by atomic mass is 16.6.